The first-order valence-corrected chi connectivity index (χ1v) is 5.65. The molecule has 0 aliphatic rings. The molecule has 19 heavy (non-hydrogen) atoms. The number of aromatic nitrogens is 4. The van der Waals surface area contributed by atoms with Crippen LogP contribution in [0.2, 0.25) is 0 Å². The molecule has 0 saturated carbocycles. The van der Waals surface area contributed by atoms with Gasteiger partial charge in [0, 0.05) is 11.6 Å². The highest BCUT2D eigenvalue weighted by atomic mass is 16.1. The number of aromatic amines is 1. The van der Waals surface area contributed by atoms with Crippen molar-refractivity contribution in [3.05, 3.63) is 52.1 Å². The normalized spacial score (nSPS) is 10.5. The average molecular weight is 251 g/mol. The van der Waals surface area contributed by atoms with Crippen molar-refractivity contribution in [2.75, 3.05) is 0 Å². The van der Waals surface area contributed by atoms with Crippen molar-refractivity contribution in [3.63, 3.8) is 0 Å². The number of nitrogens with zero attached hydrogens (tertiary/aromatic N) is 4. The molecule has 0 bridgehead atoms. The lowest BCUT2D eigenvalue weighted by Crippen LogP contribution is -2.11. The Bertz CT molecular complexity index is 854. The van der Waals surface area contributed by atoms with E-state index in [1.807, 2.05) is 19.1 Å². The third-order valence-corrected chi connectivity index (χ3v) is 2.86. The minimum atomic E-state index is -0.424. The van der Waals surface area contributed by atoms with E-state index in [4.69, 9.17) is 5.26 Å². The summed E-state index contributed by atoms with van der Waals surface area (Å²) in [6, 6.07) is 8.86. The zero-order valence-electron chi connectivity index (χ0n) is 10.1. The van der Waals surface area contributed by atoms with Crippen LogP contribution in [0, 0.1) is 18.3 Å². The molecule has 0 fully saturated rings. The second-order valence-corrected chi connectivity index (χ2v) is 4.07. The number of aryl methyl sites for hydroxylation is 1. The van der Waals surface area contributed by atoms with E-state index in [0.29, 0.717) is 11.5 Å². The Kier molecular flexibility index (Phi) is 2.39. The summed E-state index contributed by atoms with van der Waals surface area (Å²) in [5.41, 5.74) is 0.928. The summed E-state index contributed by atoms with van der Waals surface area (Å²) >= 11 is 0. The topological polar surface area (TPSA) is 87.4 Å². The third-order valence-electron chi connectivity index (χ3n) is 2.86. The van der Waals surface area contributed by atoms with Gasteiger partial charge in [0.25, 0.3) is 5.56 Å². The van der Waals surface area contributed by atoms with Gasteiger partial charge in [0.2, 0.25) is 0 Å². The summed E-state index contributed by atoms with van der Waals surface area (Å²) in [5.74, 6) is 0.612. The summed E-state index contributed by atoms with van der Waals surface area (Å²) in [5, 5.41) is 14.0. The first-order chi connectivity index (χ1) is 9.20. The number of fused-ring (bicyclic) bond motifs is 1. The lowest BCUT2D eigenvalue weighted by Gasteiger charge is -2.01. The van der Waals surface area contributed by atoms with E-state index in [9.17, 15) is 4.79 Å². The van der Waals surface area contributed by atoms with Crippen LogP contribution < -0.4 is 5.56 Å². The molecule has 3 aromatic heterocycles. The second kappa shape index (κ2) is 4.07. The highest BCUT2D eigenvalue weighted by Crippen LogP contribution is 2.18. The molecule has 92 valence electrons. The van der Waals surface area contributed by atoms with E-state index in [0.717, 1.165) is 11.1 Å². The molecule has 0 atom stereocenters. The molecule has 0 unspecified atom stereocenters. The Morgan fingerprint density at radius 3 is 2.95 bits per heavy atom. The van der Waals surface area contributed by atoms with Crippen molar-refractivity contribution < 1.29 is 0 Å². The number of nitrogens with one attached hydrogen (secondary N) is 1. The van der Waals surface area contributed by atoms with Crippen molar-refractivity contribution in [3.8, 4) is 11.9 Å². The lowest BCUT2D eigenvalue weighted by molar-refractivity contribution is 0.845. The van der Waals surface area contributed by atoms with Crippen LogP contribution in [0.4, 0.5) is 0 Å². The van der Waals surface area contributed by atoms with Crippen molar-refractivity contribution >= 4 is 11.0 Å². The van der Waals surface area contributed by atoms with Crippen LogP contribution in [0.3, 0.4) is 0 Å². The molecule has 6 nitrogen and oxygen atoms in total. The van der Waals surface area contributed by atoms with Gasteiger partial charge in [0.15, 0.2) is 5.82 Å². The van der Waals surface area contributed by atoms with Crippen molar-refractivity contribution in [2.24, 2.45) is 0 Å². The van der Waals surface area contributed by atoms with E-state index >= 15 is 0 Å². The maximum Gasteiger partial charge on any atom is 0.267 e. The zero-order valence-corrected chi connectivity index (χ0v) is 10.1. The molecular formula is C13H9N5O. The van der Waals surface area contributed by atoms with E-state index in [1.165, 1.54) is 0 Å². The van der Waals surface area contributed by atoms with Crippen molar-refractivity contribution in [1.82, 2.24) is 19.7 Å². The summed E-state index contributed by atoms with van der Waals surface area (Å²) in [6.45, 7) is 1.82. The number of hydrogen-bond acceptors (Lipinski definition) is 4. The molecule has 0 amide bonds. The largest absolute Gasteiger partial charge is 0.305 e. The molecule has 6 heteroatoms. The SMILES string of the molecule is Cc1nn(-c2ccccn2)c2[nH]c(=O)c(C#N)cc12. The fourth-order valence-corrected chi connectivity index (χ4v) is 1.95. The predicted molar refractivity (Wildman–Crippen MR) is 68.9 cm³/mol. The Morgan fingerprint density at radius 1 is 1.42 bits per heavy atom. The maximum absolute atomic E-state index is 11.7. The monoisotopic (exact) mass is 251 g/mol. The molecule has 0 aliphatic carbocycles. The Hall–Kier alpha value is -2.94. The Labute approximate surface area is 108 Å². The van der Waals surface area contributed by atoms with Crippen LogP contribution in [0.5, 0.6) is 0 Å². The summed E-state index contributed by atoms with van der Waals surface area (Å²) in [6.07, 6.45) is 1.65. The van der Waals surface area contributed by atoms with Gasteiger partial charge in [0.1, 0.15) is 17.3 Å². The van der Waals surface area contributed by atoms with Gasteiger partial charge in [-0.1, -0.05) is 6.07 Å². The molecule has 1 N–H and O–H groups in total. The fourth-order valence-electron chi connectivity index (χ4n) is 1.95. The maximum atomic E-state index is 11.7. The molecule has 3 rings (SSSR count). The molecule has 0 saturated heterocycles. The Morgan fingerprint density at radius 2 is 2.26 bits per heavy atom. The molecule has 3 aromatic rings. The summed E-state index contributed by atoms with van der Waals surface area (Å²) < 4.78 is 1.56. The fraction of sp³-hybridized carbons (Fsp3) is 0.0769. The van der Waals surface area contributed by atoms with E-state index in [2.05, 4.69) is 15.1 Å². The molecule has 3 heterocycles. The molecule has 0 radical (unpaired) electrons. The number of hydrogen-bond donors (Lipinski definition) is 1. The lowest BCUT2D eigenvalue weighted by atomic mass is 10.2. The summed E-state index contributed by atoms with van der Waals surface area (Å²) in [7, 11) is 0. The van der Waals surface area contributed by atoms with Gasteiger partial charge in [0.05, 0.1) is 5.69 Å². The van der Waals surface area contributed by atoms with E-state index in [-0.39, 0.29) is 5.56 Å². The Balaban J connectivity index is 2.38. The minimum absolute atomic E-state index is 0.0798. The third kappa shape index (κ3) is 1.68. The van der Waals surface area contributed by atoms with Crippen LogP contribution in [0.25, 0.3) is 16.9 Å². The first-order valence-electron chi connectivity index (χ1n) is 5.65. The van der Waals surface area contributed by atoms with Gasteiger partial charge in [-0.25, -0.2) is 4.98 Å². The number of pyridine rings is 2. The van der Waals surface area contributed by atoms with Gasteiger partial charge in [-0.15, -0.1) is 0 Å². The predicted octanol–water partition coefficient (Wildman–Crippen LogP) is 1.29. The van der Waals surface area contributed by atoms with E-state index in [1.54, 1.807) is 29.1 Å². The first kappa shape index (κ1) is 11.2. The van der Waals surface area contributed by atoms with Gasteiger partial charge >= 0.3 is 0 Å². The van der Waals surface area contributed by atoms with E-state index < -0.39 is 5.56 Å². The number of nitriles is 1. The van der Waals surface area contributed by atoms with Crippen LogP contribution in [0.1, 0.15) is 11.3 Å². The molecule has 0 aliphatic heterocycles. The van der Waals surface area contributed by atoms with Gasteiger partial charge in [-0.2, -0.15) is 15.0 Å². The van der Waals surface area contributed by atoms with Crippen molar-refractivity contribution in [1.29, 1.82) is 5.26 Å². The van der Waals surface area contributed by atoms with Crippen LogP contribution in [-0.4, -0.2) is 19.7 Å². The van der Waals surface area contributed by atoms with Crippen LogP contribution in [-0.2, 0) is 0 Å². The van der Waals surface area contributed by atoms with Gasteiger partial charge < -0.3 is 4.98 Å². The number of rotatable bonds is 1. The average Bonchev–Trinajstić information content (AvgIpc) is 2.75. The van der Waals surface area contributed by atoms with Gasteiger partial charge in [-0.3, -0.25) is 4.79 Å². The smallest absolute Gasteiger partial charge is 0.267 e. The number of H-pyrrole nitrogens is 1. The second-order valence-electron chi connectivity index (χ2n) is 4.07. The highest BCUT2D eigenvalue weighted by molar-refractivity contribution is 5.80. The van der Waals surface area contributed by atoms with Crippen molar-refractivity contribution in [2.45, 2.75) is 6.92 Å². The minimum Gasteiger partial charge on any atom is -0.305 e. The standard InChI is InChI=1S/C13H9N5O/c1-8-10-6-9(7-14)13(19)16-12(10)18(17-8)11-4-2-3-5-15-11/h2-6H,1H3,(H,16,19). The highest BCUT2D eigenvalue weighted by Gasteiger charge is 2.12. The van der Waals surface area contributed by atoms with Crippen LogP contribution in [0.15, 0.2) is 35.3 Å². The molecule has 0 spiro atoms. The molecule has 0 aromatic carbocycles. The summed E-state index contributed by atoms with van der Waals surface area (Å²) in [4.78, 5) is 18.6. The molecular weight excluding hydrogens is 242 g/mol. The van der Waals surface area contributed by atoms with Crippen LogP contribution >= 0.6 is 0 Å². The van der Waals surface area contributed by atoms with Gasteiger partial charge in [-0.05, 0) is 25.1 Å². The zero-order chi connectivity index (χ0) is 13.4. The quantitative estimate of drug-likeness (QED) is 0.705.